The molecule has 0 saturated carbocycles. The van der Waals surface area contributed by atoms with Gasteiger partial charge in [0.25, 0.3) is 0 Å². The van der Waals surface area contributed by atoms with Gasteiger partial charge in [-0.2, -0.15) is 0 Å². The van der Waals surface area contributed by atoms with Gasteiger partial charge in [0.15, 0.2) is 0 Å². The number of fused-ring (bicyclic) bond motifs is 1. The third kappa shape index (κ3) is 2.84. The molecular weight excluding hydrogens is 252 g/mol. The van der Waals surface area contributed by atoms with Crippen LogP contribution in [0, 0.1) is 5.41 Å². The molecule has 0 aromatic heterocycles. The van der Waals surface area contributed by atoms with Crippen molar-refractivity contribution in [3.63, 3.8) is 0 Å². The lowest BCUT2D eigenvalue weighted by molar-refractivity contribution is -0.126. The number of likely N-dealkylation sites (N-methyl/N-ethyl adjacent to an activating group) is 1. The van der Waals surface area contributed by atoms with Gasteiger partial charge in [-0.1, -0.05) is 39.0 Å². The SMILES string of the molecule is CNC(=O)C1Cc2ccccc2N1C(=O)CC(C)(C)C. The number of carbonyl (C=O) groups excluding carboxylic acids is 2. The molecular formula is C16H22N2O2. The highest BCUT2D eigenvalue weighted by molar-refractivity contribution is 6.03. The number of nitrogens with one attached hydrogen (secondary N) is 1. The van der Waals surface area contributed by atoms with E-state index in [2.05, 4.69) is 5.32 Å². The lowest BCUT2D eigenvalue weighted by Crippen LogP contribution is -2.47. The molecule has 0 saturated heterocycles. The molecule has 108 valence electrons. The predicted molar refractivity (Wildman–Crippen MR) is 79.6 cm³/mol. The smallest absolute Gasteiger partial charge is 0.243 e. The van der Waals surface area contributed by atoms with Crippen molar-refractivity contribution in [2.24, 2.45) is 5.41 Å². The van der Waals surface area contributed by atoms with Crippen LogP contribution in [0.4, 0.5) is 5.69 Å². The third-order valence-electron chi connectivity index (χ3n) is 3.48. The maximum absolute atomic E-state index is 12.6. The molecule has 1 N–H and O–H groups in total. The highest BCUT2D eigenvalue weighted by Gasteiger charge is 2.38. The summed E-state index contributed by atoms with van der Waals surface area (Å²) in [6.45, 7) is 6.09. The Morgan fingerprint density at radius 2 is 1.95 bits per heavy atom. The number of hydrogen-bond acceptors (Lipinski definition) is 2. The lowest BCUT2D eigenvalue weighted by atomic mass is 9.91. The second-order valence-corrected chi connectivity index (χ2v) is 6.46. The van der Waals surface area contributed by atoms with E-state index in [9.17, 15) is 9.59 Å². The van der Waals surface area contributed by atoms with E-state index in [1.54, 1.807) is 11.9 Å². The molecule has 4 nitrogen and oxygen atoms in total. The predicted octanol–water partition coefficient (Wildman–Crippen LogP) is 2.13. The molecule has 1 aliphatic heterocycles. The van der Waals surface area contributed by atoms with Crippen LogP contribution in [0.25, 0.3) is 0 Å². The van der Waals surface area contributed by atoms with Crippen molar-refractivity contribution in [2.75, 3.05) is 11.9 Å². The molecule has 0 fully saturated rings. The molecule has 20 heavy (non-hydrogen) atoms. The van der Waals surface area contributed by atoms with Crippen molar-refractivity contribution in [3.05, 3.63) is 29.8 Å². The van der Waals surface area contributed by atoms with Crippen LogP contribution >= 0.6 is 0 Å². The number of carbonyl (C=O) groups is 2. The van der Waals surface area contributed by atoms with Gasteiger partial charge in [0.1, 0.15) is 6.04 Å². The number of hydrogen-bond donors (Lipinski definition) is 1. The Labute approximate surface area is 120 Å². The average molecular weight is 274 g/mol. The van der Waals surface area contributed by atoms with E-state index >= 15 is 0 Å². The first-order valence-corrected chi connectivity index (χ1v) is 6.95. The summed E-state index contributed by atoms with van der Waals surface area (Å²) >= 11 is 0. The van der Waals surface area contributed by atoms with Gasteiger partial charge < -0.3 is 5.32 Å². The van der Waals surface area contributed by atoms with Crippen LogP contribution < -0.4 is 10.2 Å². The summed E-state index contributed by atoms with van der Waals surface area (Å²) in [5.74, 6) is -0.0977. The van der Waals surface area contributed by atoms with E-state index in [0.29, 0.717) is 12.8 Å². The van der Waals surface area contributed by atoms with Crippen LogP contribution in [0.15, 0.2) is 24.3 Å². The summed E-state index contributed by atoms with van der Waals surface area (Å²) in [5.41, 5.74) is 1.83. The van der Waals surface area contributed by atoms with Gasteiger partial charge >= 0.3 is 0 Å². The first kappa shape index (κ1) is 14.6. The molecule has 1 aromatic rings. The van der Waals surface area contributed by atoms with Gasteiger partial charge in [0.2, 0.25) is 11.8 Å². The Morgan fingerprint density at radius 3 is 2.55 bits per heavy atom. The summed E-state index contributed by atoms with van der Waals surface area (Å²) in [4.78, 5) is 26.3. The van der Waals surface area contributed by atoms with Crippen molar-refractivity contribution in [1.82, 2.24) is 5.32 Å². The lowest BCUT2D eigenvalue weighted by Gasteiger charge is -2.27. The highest BCUT2D eigenvalue weighted by Crippen LogP contribution is 2.34. The second kappa shape index (κ2) is 5.27. The van der Waals surface area contributed by atoms with Crippen molar-refractivity contribution < 1.29 is 9.59 Å². The maximum Gasteiger partial charge on any atom is 0.243 e. The molecule has 1 atom stereocenters. The minimum atomic E-state index is -0.424. The molecule has 1 unspecified atom stereocenters. The van der Waals surface area contributed by atoms with Crippen molar-refractivity contribution in [2.45, 2.75) is 39.7 Å². The number of benzene rings is 1. The van der Waals surface area contributed by atoms with Crippen molar-refractivity contribution >= 4 is 17.5 Å². The molecule has 0 radical (unpaired) electrons. The summed E-state index contributed by atoms with van der Waals surface area (Å²) in [6, 6.07) is 7.32. The fourth-order valence-electron chi connectivity index (χ4n) is 2.61. The number of anilines is 1. The van der Waals surface area contributed by atoms with E-state index in [4.69, 9.17) is 0 Å². The molecule has 1 aromatic carbocycles. The highest BCUT2D eigenvalue weighted by atomic mass is 16.2. The number of rotatable bonds is 2. The standard InChI is InChI=1S/C16H22N2O2/c1-16(2,3)10-14(19)18-12-8-6-5-7-11(12)9-13(18)15(20)17-4/h5-8,13H,9-10H2,1-4H3,(H,17,20). The summed E-state index contributed by atoms with van der Waals surface area (Å²) in [6.07, 6.45) is 1.01. The van der Waals surface area contributed by atoms with Gasteiger partial charge in [-0.05, 0) is 17.0 Å². The Kier molecular flexibility index (Phi) is 3.84. The zero-order chi connectivity index (χ0) is 14.9. The topological polar surface area (TPSA) is 49.4 Å². The summed E-state index contributed by atoms with van der Waals surface area (Å²) < 4.78 is 0. The number of amides is 2. The minimum Gasteiger partial charge on any atom is -0.357 e. The fraction of sp³-hybridized carbons (Fsp3) is 0.500. The number of para-hydroxylation sites is 1. The van der Waals surface area contributed by atoms with E-state index in [-0.39, 0.29) is 17.2 Å². The van der Waals surface area contributed by atoms with Gasteiger partial charge in [-0.3, -0.25) is 14.5 Å². The largest absolute Gasteiger partial charge is 0.357 e. The van der Waals surface area contributed by atoms with Crippen LogP contribution in [-0.2, 0) is 16.0 Å². The Morgan fingerprint density at radius 1 is 1.30 bits per heavy atom. The fourth-order valence-corrected chi connectivity index (χ4v) is 2.61. The average Bonchev–Trinajstić information content (AvgIpc) is 2.75. The summed E-state index contributed by atoms with van der Waals surface area (Å²) in [5, 5.41) is 2.66. The van der Waals surface area contributed by atoms with Gasteiger partial charge in [-0.25, -0.2) is 0 Å². The van der Waals surface area contributed by atoms with Gasteiger partial charge in [0.05, 0.1) is 0 Å². The van der Waals surface area contributed by atoms with E-state index < -0.39 is 6.04 Å². The first-order valence-electron chi connectivity index (χ1n) is 6.95. The molecule has 2 amide bonds. The third-order valence-corrected chi connectivity index (χ3v) is 3.48. The van der Waals surface area contributed by atoms with E-state index in [0.717, 1.165) is 11.3 Å². The Bertz CT molecular complexity index is 532. The molecule has 0 bridgehead atoms. The normalized spacial score (nSPS) is 17.8. The molecule has 1 heterocycles. The quantitative estimate of drug-likeness (QED) is 0.898. The zero-order valence-corrected chi connectivity index (χ0v) is 12.6. The van der Waals surface area contributed by atoms with Crippen LogP contribution in [0.3, 0.4) is 0 Å². The maximum atomic E-state index is 12.6. The monoisotopic (exact) mass is 274 g/mol. The Balaban J connectivity index is 2.34. The first-order chi connectivity index (χ1) is 9.33. The second-order valence-electron chi connectivity index (χ2n) is 6.46. The molecule has 4 heteroatoms. The van der Waals surface area contributed by atoms with Crippen LogP contribution in [-0.4, -0.2) is 24.9 Å². The number of nitrogens with zero attached hydrogens (tertiary/aromatic N) is 1. The van der Waals surface area contributed by atoms with Crippen LogP contribution in [0.1, 0.15) is 32.8 Å². The van der Waals surface area contributed by atoms with Gasteiger partial charge in [0, 0.05) is 25.6 Å². The molecule has 0 aliphatic carbocycles. The molecule has 2 rings (SSSR count). The summed E-state index contributed by atoms with van der Waals surface area (Å²) in [7, 11) is 1.61. The van der Waals surface area contributed by atoms with E-state index in [1.807, 2.05) is 45.0 Å². The van der Waals surface area contributed by atoms with E-state index in [1.165, 1.54) is 0 Å². The molecule has 0 spiro atoms. The van der Waals surface area contributed by atoms with Crippen molar-refractivity contribution in [3.8, 4) is 0 Å². The zero-order valence-electron chi connectivity index (χ0n) is 12.6. The minimum absolute atomic E-state index is 0.0102. The van der Waals surface area contributed by atoms with Crippen LogP contribution in [0.2, 0.25) is 0 Å². The Hall–Kier alpha value is -1.84. The van der Waals surface area contributed by atoms with Crippen LogP contribution in [0.5, 0.6) is 0 Å². The molecule has 1 aliphatic rings. The van der Waals surface area contributed by atoms with Gasteiger partial charge in [-0.15, -0.1) is 0 Å². The van der Waals surface area contributed by atoms with Crippen molar-refractivity contribution in [1.29, 1.82) is 0 Å².